The minimum absolute atomic E-state index is 0.223. The van der Waals surface area contributed by atoms with Crippen LogP contribution in [0.3, 0.4) is 0 Å². The van der Waals surface area contributed by atoms with Gasteiger partial charge < -0.3 is 14.5 Å². The Bertz CT molecular complexity index is 854. The fraction of sp³-hybridized carbons (Fsp3) is 0.333. The monoisotopic (exact) mass is 420 g/mol. The van der Waals surface area contributed by atoms with E-state index in [2.05, 4.69) is 60.7 Å². The van der Waals surface area contributed by atoms with Gasteiger partial charge in [0.25, 0.3) is 0 Å². The zero-order valence-corrected chi connectivity index (χ0v) is 18.1. The molecule has 0 unspecified atom stereocenters. The molecule has 4 rings (SSSR count). The van der Waals surface area contributed by atoms with Gasteiger partial charge in [-0.15, -0.1) is 0 Å². The molecular formula is C27H33FN2O+2. The van der Waals surface area contributed by atoms with Crippen molar-refractivity contribution < 1.29 is 18.9 Å². The summed E-state index contributed by atoms with van der Waals surface area (Å²) in [5.41, 5.74) is 2.81. The Balaban J connectivity index is 1.24. The maximum absolute atomic E-state index is 12.9. The summed E-state index contributed by atoms with van der Waals surface area (Å²) < 4.78 is 18.7. The molecule has 31 heavy (non-hydrogen) atoms. The van der Waals surface area contributed by atoms with Crippen molar-refractivity contribution in [1.29, 1.82) is 0 Å². The van der Waals surface area contributed by atoms with Crippen molar-refractivity contribution in [2.45, 2.75) is 18.9 Å². The maximum atomic E-state index is 12.9. The molecule has 1 fully saturated rings. The van der Waals surface area contributed by atoms with Crippen LogP contribution in [0.5, 0.6) is 5.75 Å². The number of ether oxygens (including phenoxy) is 1. The highest BCUT2D eigenvalue weighted by molar-refractivity contribution is 5.29. The summed E-state index contributed by atoms with van der Waals surface area (Å²) in [7, 11) is 0. The van der Waals surface area contributed by atoms with Crippen molar-refractivity contribution in [2.75, 3.05) is 39.3 Å². The van der Waals surface area contributed by atoms with Gasteiger partial charge in [0.2, 0.25) is 0 Å². The summed E-state index contributed by atoms with van der Waals surface area (Å²) >= 11 is 0. The first-order chi connectivity index (χ1) is 15.3. The topological polar surface area (TPSA) is 18.1 Å². The van der Waals surface area contributed by atoms with Crippen LogP contribution in [0.1, 0.15) is 30.0 Å². The van der Waals surface area contributed by atoms with Crippen molar-refractivity contribution in [3.05, 3.63) is 102 Å². The first-order valence-corrected chi connectivity index (χ1v) is 11.5. The molecule has 0 atom stereocenters. The van der Waals surface area contributed by atoms with Crippen LogP contribution in [0.4, 0.5) is 4.39 Å². The molecule has 1 aliphatic rings. The van der Waals surface area contributed by atoms with Crippen molar-refractivity contribution in [2.24, 2.45) is 0 Å². The van der Waals surface area contributed by atoms with E-state index in [9.17, 15) is 4.39 Å². The summed E-state index contributed by atoms with van der Waals surface area (Å²) in [6.45, 7) is 6.70. The summed E-state index contributed by atoms with van der Waals surface area (Å²) in [5.74, 6) is 0.526. The number of nitrogens with one attached hydrogen (secondary N) is 2. The van der Waals surface area contributed by atoms with Crippen LogP contribution in [0.2, 0.25) is 0 Å². The Kier molecular flexibility index (Phi) is 7.70. The Morgan fingerprint density at radius 1 is 0.710 bits per heavy atom. The van der Waals surface area contributed by atoms with E-state index in [1.54, 1.807) is 21.9 Å². The van der Waals surface area contributed by atoms with E-state index in [1.807, 2.05) is 0 Å². The minimum Gasteiger partial charge on any atom is -0.494 e. The molecule has 0 radical (unpaired) electrons. The molecule has 0 aromatic heterocycles. The molecule has 3 aromatic carbocycles. The third-order valence-corrected chi connectivity index (χ3v) is 6.28. The predicted molar refractivity (Wildman–Crippen MR) is 122 cm³/mol. The van der Waals surface area contributed by atoms with E-state index in [0.717, 1.165) is 18.6 Å². The second-order valence-electron chi connectivity index (χ2n) is 8.42. The van der Waals surface area contributed by atoms with E-state index in [-0.39, 0.29) is 5.82 Å². The molecule has 0 bridgehead atoms. The average molecular weight is 421 g/mol. The molecule has 162 valence electrons. The molecule has 4 heteroatoms. The fourth-order valence-electron chi connectivity index (χ4n) is 4.62. The maximum Gasteiger partial charge on any atom is 0.139 e. The van der Waals surface area contributed by atoms with Gasteiger partial charge in [-0.05, 0) is 37.1 Å². The van der Waals surface area contributed by atoms with Crippen molar-refractivity contribution in [3.63, 3.8) is 0 Å². The highest BCUT2D eigenvalue weighted by Crippen LogP contribution is 2.18. The molecular weight excluding hydrogens is 387 g/mol. The quantitative estimate of drug-likeness (QED) is 0.509. The molecule has 3 nitrogen and oxygen atoms in total. The number of halogens is 1. The summed E-state index contributed by atoms with van der Waals surface area (Å²) in [5, 5.41) is 0. The van der Waals surface area contributed by atoms with Gasteiger partial charge in [-0.1, -0.05) is 60.7 Å². The molecule has 1 heterocycles. The van der Waals surface area contributed by atoms with E-state index in [4.69, 9.17) is 4.74 Å². The first kappa shape index (κ1) is 21.5. The predicted octanol–water partition coefficient (Wildman–Crippen LogP) is 2.56. The van der Waals surface area contributed by atoms with Gasteiger partial charge in [0.1, 0.15) is 43.8 Å². The zero-order valence-electron chi connectivity index (χ0n) is 18.1. The van der Waals surface area contributed by atoms with E-state index >= 15 is 0 Å². The lowest BCUT2D eigenvalue weighted by molar-refractivity contribution is -1.02. The van der Waals surface area contributed by atoms with Gasteiger partial charge in [0, 0.05) is 11.1 Å². The van der Waals surface area contributed by atoms with Crippen molar-refractivity contribution in [3.8, 4) is 5.75 Å². The average Bonchev–Trinajstić information content (AvgIpc) is 2.83. The second-order valence-corrected chi connectivity index (χ2v) is 8.42. The lowest BCUT2D eigenvalue weighted by atomic mass is 9.96. The summed E-state index contributed by atoms with van der Waals surface area (Å²) in [4.78, 5) is 3.37. The molecule has 1 aliphatic heterocycles. The van der Waals surface area contributed by atoms with Crippen LogP contribution in [-0.4, -0.2) is 39.3 Å². The number of hydrogen-bond acceptors (Lipinski definition) is 1. The van der Waals surface area contributed by atoms with E-state index in [0.29, 0.717) is 12.6 Å². The van der Waals surface area contributed by atoms with Gasteiger partial charge in [-0.25, -0.2) is 4.39 Å². The second kappa shape index (κ2) is 11.1. The van der Waals surface area contributed by atoms with Gasteiger partial charge in [-0.3, -0.25) is 0 Å². The molecule has 0 amide bonds. The van der Waals surface area contributed by atoms with Crippen LogP contribution in [0, 0.1) is 5.82 Å². The van der Waals surface area contributed by atoms with Gasteiger partial charge in [0.15, 0.2) is 0 Å². The molecule has 2 N–H and O–H groups in total. The van der Waals surface area contributed by atoms with Crippen LogP contribution < -0.4 is 14.5 Å². The summed E-state index contributed by atoms with van der Waals surface area (Å²) in [6, 6.07) is 28.6. The Hall–Kier alpha value is -2.69. The van der Waals surface area contributed by atoms with Crippen LogP contribution >= 0.6 is 0 Å². The number of quaternary nitrogens is 2. The third-order valence-electron chi connectivity index (χ3n) is 6.28. The normalized spacial score (nSPS) is 18.8. The van der Waals surface area contributed by atoms with E-state index in [1.165, 1.54) is 56.0 Å². The van der Waals surface area contributed by atoms with Gasteiger partial charge >= 0.3 is 0 Å². The smallest absolute Gasteiger partial charge is 0.139 e. The number of piperazine rings is 1. The lowest BCUT2D eigenvalue weighted by Crippen LogP contribution is -3.28. The standard InChI is InChI=1S/C27H31FN2O/c28-25-13-15-26(16-14-25)31-22-8-7-17-29-18-20-30(21-19-29)27(23-9-3-1-4-10-23)24-11-5-2-6-12-24/h1-6,9-16,27H,7-8,17-22H2/p+2. The minimum atomic E-state index is -0.223. The largest absolute Gasteiger partial charge is 0.494 e. The highest BCUT2D eigenvalue weighted by Gasteiger charge is 2.31. The van der Waals surface area contributed by atoms with Crippen LogP contribution in [0.25, 0.3) is 0 Å². The molecule has 0 saturated carbocycles. The SMILES string of the molecule is Fc1ccc(OCCCC[NH+]2CC[NH+](C(c3ccccc3)c3ccccc3)CC2)cc1. The number of benzene rings is 3. The number of unbranched alkanes of at least 4 members (excludes halogenated alkanes) is 1. The summed E-state index contributed by atoms with van der Waals surface area (Å²) in [6.07, 6.45) is 2.20. The zero-order chi connectivity index (χ0) is 21.3. The molecule has 0 spiro atoms. The number of hydrogen-bond donors (Lipinski definition) is 2. The molecule has 3 aromatic rings. The van der Waals surface area contributed by atoms with Gasteiger partial charge in [0.05, 0.1) is 13.2 Å². The Labute approximate surface area is 185 Å². The molecule has 1 saturated heterocycles. The lowest BCUT2D eigenvalue weighted by Gasteiger charge is -2.35. The van der Waals surface area contributed by atoms with Crippen LogP contribution in [-0.2, 0) is 0 Å². The Morgan fingerprint density at radius 3 is 1.87 bits per heavy atom. The fourth-order valence-corrected chi connectivity index (χ4v) is 4.62. The third kappa shape index (κ3) is 6.16. The molecule has 0 aliphatic carbocycles. The van der Waals surface area contributed by atoms with Crippen molar-refractivity contribution >= 4 is 0 Å². The Morgan fingerprint density at radius 2 is 1.29 bits per heavy atom. The first-order valence-electron chi connectivity index (χ1n) is 11.5. The van der Waals surface area contributed by atoms with Crippen molar-refractivity contribution in [1.82, 2.24) is 0 Å². The highest BCUT2D eigenvalue weighted by atomic mass is 19.1. The van der Waals surface area contributed by atoms with Crippen LogP contribution in [0.15, 0.2) is 84.9 Å². The van der Waals surface area contributed by atoms with E-state index < -0.39 is 0 Å². The number of rotatable bonds is 9. The van der Waals surface area contributed by atoms with Gasteiger partial charge in [-0.2, -0.15) is 0 Å².